The molecule has 0 heterocycles. The zero-order valence-corrected chi connectivity index (χ0v) is 40.6. The van der Waals surface area contributed by atoms with E-state index in [1.165, 1.54) is 0 Å². The zero-order chi connectivity index (χ0) is 42.3. The number of aliphatic hydroxyl groups is 6. The first kappa shape index (κ1) is 48.6. The zero-order valence-electron chi connectivity index (χ0n) is 37.1. The van der Waals surface area contributed by atoms with E-state index in [0.29, 0.717) is 36.5 Å². The molecule has 8 rings (SSSR count). The maximum absolute atomic E-state index is 11.5. The Balaban J connectivity index is 0.000000195. The van der Waals surface area contributed by atoms with Gasteiger partial charge in [0.05, 0.1) is 36.6 Å². The van der Waals surface area contributed by atoms with E-state index in [0.717, 1.165) is 89.9 Å². The standard InChI is InChI=1S/2C24H40O5.Sr/c2*1-13(4-7-21(28)29)16-5-6-17-22-18(12-20(27)24(16,17)3)23(2)9-8-15(25)10-14(23)11-19(22)26;/h2*13-20,22,25-27H,4-12H2,1-3H3,(H,28,29);/q;;+2/p-2/t2*13-,14+,15-,16-,17+,18+,19-,20+,22+,23+,24-;/m11./s1. The van der Waals surface area contributed by atoms with Crippen LogP contribution in [0.2, 0.25) is 0 Å². The van der Waals surface area contributed by atoms with Crippen LogP contribution in [0.25, 0.3) is 0 Å². The molecule has 0 radical (unpaired) electrons. The predicted molar refractivity (Wildman–Crippen MR) is 221 cm³/mol. The molecule has 0 saturated heterocycles. The Kier molecular flexibility index (Phi) is 15.0. The maximum atomic E-state index is 11.5. The number of fused-ring (bicyclic) bond motifs is 10. The molecule has 8 saturated carbocycles. The number of carboxylic acids is 2. The number of aliphatic hydroxyl groups excluding tert-OH is 6. The minimum atomic E-state index is -0.998. The molecule has 0 spiro atoms. The van der Waals surface area contributed by atoms with E-state index in [-0.39, 0.29) is 152 Å². The first-order valence-electron chi connectivity index (χ1n) is 23.7. The summed E-state index contributed by atoms with van der Waals surface area (Å²) in [6, 6.07) is 0. The van der Waals surface area contributed by atoms with Gasteiger partial charge < -0.3 is 50.4 Å². The number of hydrogen-bond donors (Lipinski definition) is 6. The van der Waals surface area contributed by atoms with Crippen molar-refractivity contribution in [2.24, 2.45) is 92.7 Å². The fourth-order valence-electron chi connectivity index (χ4n) is 17.4. The van der Waals surface area contributed by atoms with Crippen LogP contribution in [0.3, 0.4) is 0 Å². The molecule has 332 valence electrons. The Bertz CT molecular complexity index is 1390. The Hall–Kier alpha value is 0.181. The summed E-state index contributed by atoms with van der Waals surface area (Å²) in [7, 11) is 0. The van der Waals surface area contributed by atoms with Gasteiger partial charge in [0.15, 0.2) is 0 Å². The summed E-state index contributed by atoms with van der Waals surface area (Å²) in [5.41, 5.74) is -0.343. The maximum Gasteiger partial charge on any atom is 2.00 e. The van der Waals surface area contributed by atoms with Gasteiger partial charge in [-0.3, -0.25) is 0 Å². The Morgan fingerprint density at radius 1 is 0.542 bits per heavy atom. The minimum Gasteiger partial charge on any atom is -0.550 e. The number of carbonyl (C=O) groups is 2. The molecule has 0 unspecified atom stereocenters. The Labute approximate surface area is 391 Å². The van der Waals surface area contributed by atoms with Gasteiger partial charge in [-0.1, -0.05) is 41.5 Å². The number of hydrogen-bond acceptors (Lipinski definition) is 10. The second-order valence-electron chi connectivity index (χ2n) is 22.8. The second kappa shape index (κ2) is 18.2. The predicted octanol–water partition coefficient (Wildman–Crippen LogP) is 3.85. The van der Waals surface area contributed by atoms with Gasteiger partial charge >= 0.3 is 45.5 Å². The van der Waals surface area contributed by atoms with Gasteiger partial charge in [-0.2, -0.15) is 0 Å². The van der Waals surface area contributed by atoms with Crippen molar-refractivity contribution in [1.29, 1.82) is 0 Å². The van der Waals surface area contributed by atoms with E-state index in [9.17, 15) is 50.4 Å². The average molecular weight is 903 g/mol. The third kappa shape index (κ3) is 8.36. The van der Waals surface area contributed by atoms with Gasteiger partial charge in [0.1, 0.15) is 0 Å². The largest absolute Gasteiger partial charge is 2.00 e. The van der Waals surface area contributed by atoms with Crippen molar-refractivity contribution in [3.05, 3.63) is 0 Å². The van der Waals surface area contributed by atoms with Gasteiger partial charge in [0.25, 0.3) is 0 Å². The van der Waals surface area contributed by atoms with Gasteiger partial charge in [-0.15, -0.1) is 0 Å². The summed E-state index contributed by atoms with van der Waals surface area (Å²) >= 11 is 0. The van der Waals surface area contributed by atoms with Crippen LogP contribution >= 0.6 is 0 Å². The van der Waals surface area contributed by atoms with Gasteiger partial charge in [-0.25, -0.2) is 0 Å². The summed E-state index contributed by atoms with van der Waals surface area (Å²) in [4.78, 5) is 21.9. The van der Waals surface area contributed by atoms with E-state index in [4.69, 9.17) is 0 Å². The van der Waals surface area contributed by atoms with E-state index >= 15 is 0 Å². The molecule has 0 aromatic heterocycles. The molecule has 22 atom stereocenters. The van der Waals surface area contributed by atoms with Gasteiger partial charge in [0, 0.05) is 11.9 Å². The molecule has 6 N–H and O–H groups in total. The topological polar surface area (TPSA) is 202 Å². The van der Waals surface area contributed by atoms with Crippen molar-refractivity contribution in [3.63, 3.8) is 0 Å². The summed E-state index contributed by atoms with van der Waals surface area (Å²) in [5.74, 6) is 1.27. The minimum absolute atomic E-state index is 0. The number of carboxylic acid groups (broad SMARTS) is 2. The molecule has 11 heteroatoms. The molecule has 0 amide bonds. The average Bonchev–Trinajstić information content (AvgIpc) is 3.70. The molecule has 8 aliphatic carbocycles. The van der Waals surface area contributed by atoms with Crippen LogP contribution in [0, 0.1) is 92.7 Å². The number of aliphatic carboxylic acids is 2. The molecule has 0 aliphatic heterocycles. The molecule has 8 aliphatic rings. The molecule has 0 aromatic rings. The molecule has 0 bridgehead atoms. The van der Waals surface area contributed by atoms with Gasteiger partial charge in [-0.05, 0) is 208 Å². The van der Waals surface area contributed by atoms with Crippen LogP contribution in [0.4, 0.5) is 0 Å². The van der Waals surface area contributed by atoms with Crippen molar-refractivity contribution >= 4 is 57.4 Å². The normalized spacial score (nSPS) is 52.0. The van der Waals surface area contributed by atoms with Crippen molar-refractivity contribution in [2.75, 3.05) is 0 Å². The third-order valence-electron chi connectivity index (χ3n) is 20.6. The van der Waals surface area contributed by atoms with Crippen LogP contribution in [0.5, 0.6) is 0 Å². The third-order valence-corrected chi connectivity index (χ3v) is 20.6. The van der Waals surface area contributed by atoms with Crippen LogP contribution in [-0.2, 0) is 9.59 Å². The Morgan fingerprint density at radius 2 is 0.898 bits per heavy atom. The number of rotatable bonds is 8. The molecule has 59 heavy (non-hydrogen) atoms. The van der Waals surface area contributed by atoms with Crippen molar-refractivity contribution in [2.45, 2.75) is 194 Å². The summed E-state index contributed by atoms with van der Waals surface area (Å²) in [6.45, 7) is 13.3. The number of carbonyl (C=O) groups excluding carboxylic acids is 2. The van der Waals surface area contributed by atoms with Crippen molar-refractivity contribution < 1.29 is 50.4 Å². The van der Waals surface area contributed by atoms with Gasteiger partial charge in [0.2, 0.25) is 0 Å². The van der Waals surface area contributed by atoms with E-state index < -0.39 is 24.1 Å². The first-order chi connectivity index (χ1) is 27.2. The van der Waals surface area contributed by atoms with E-state index in [1.807, 2.05) is 0 Å². The summed E-state index contributed by atoms with van der Waals surface area (Å²) in [6.07, 6.45) is 11.4. The molecule has 0 aromatic carbocycles. The van der Waals surface area contributed by atoms with Crippen LogP contribution in [0.1, 0.15) is 157 Å². The van der Waals surface area contributed by atoms with E-state index in [1.54, 1.807) is 0 Å². The van der Waals surface area contributed by atoms with Crippen molar-refractivity contribution in [3.8, 4) is 0 Å². The van der Waals surface area contributed by atoms with E-state index in [2.05, 4.69) is 41.5 Å². The molecular weight excluding hydrogens is 824 g/mol. The van der Waals surface area contributed by atoms with Crippen LogP contribution < -0.4 is 10.2 Å². The van der Waals surface area contributed by atoms with Crippen molar-refractivity contribution in [1.82, 2.24) is 0 Å². The molecule has 8 fully saturated rings. The summed E-state index contributed by atoms with van der Waals surface area (Å²) in [5, 5.41) is 87.7. The monoisotopic (exact) mass is 902 g/mol. The fourth-order valence-corrected chi connectivity index (χ4v) is 17.4. The smallest absolute Gasteiger partial charge is 0.550 e. The fraction of sp³-hybridized carbons (Fsp3) is 0.958. The first-order valence-corrected chi connectivity index (χ1v) is 23.7. The van der Waals surface area contributed by atoms with Crippen LogP contribution in [0.15, 0.2) is 0 Å². The summed E-state index contributed by atoms with van der Waals surface area (Å²) < 4.78 is 0. The SMILES string of the molecule is C[C@H](CCC(=O)[O-])[C@H]1CC[C@H]2[C@@H]3[C@H](O)C[C@@H]4C[C@H](O)CC[C@]4(C)[C@H]3C[C@H](O)[C@]12C.C[C@H](CCC(=O)[O-])[C@H]1CC[C@H]2[C@@H]3[C@H](O)C[C@@H]4C[C@H](O)CC[C@]4(C)[C@H]3C[C@H](O)[C@]12C.[Sr+2]. The molecular formula is C48H78O10Sr. The quantitative estimate of drug-likeness (QED) is 0.195. The van der Waals surface area contributed by atoms with Crippen LogP contribution in [-0.4, -0.2) is 125 Å². The second-order valence-corrected chi connectivity index (χ2v) is 22.8. The molecule has 10 nitrogen and oxygen atoms in total. The Morgan fingerprint density at radius 3 is 1.24 bits per heavy atom.